The van der Waals surface area contributed by atoms with Crippen molar-refractivity contribution >= 4 is 16.9 Å². The van der Waals surface area contributed by atoms with Crippen LogP contribution in [0.15, 0.2) is 24.5 Å². The van der Waals surface area contributed by atoms with Crippen LogP contribution in [0.3, 0.4) is 0 Å². The number of piperidine rings is 1. The molecule has 138 valence electrons. The van der Waals surface area contributed by atoms with Crippen LogP contribution in [-0.4, -0.2) is 47.0 Å². The van der Waals surface area contributed by atoms with Crippen LogP contribution in [-0.2, 0) is 4.79 Å². The average molecular weight is 352 g/mol. The zero-order valence-electron chi connectivity index (χ0n) is 15.3. The zero-order chi connectivity index (χ0) is 17.6. The summed E-state index contributed by atoms with van der Waals surface area (Å²) in [4.78, 5) is 23.3. The number of H-pyrrole nitrogens is 1. The molecule has 2 saturated heterocycles. The first-order chi connectivity index (χ1) is 12.8. The van der Waals surface area contributed by atoms with Crippen LogP contribution in [0, 0.1) is 11.3 Å². The largest absolute Gasteiger partial charge is 0.346 e. The Labute approximate surface area is 154 Å². The molecular formula is C21H28N4O. The van der Waals surface area contributed by atoms with Gasteiger partial charge in [-0.1, -0.05) is 12.8 Å². The number of aromatic nitrogens is 2. The molecule has 0 bridgehead atoms. The Kier molecular flexibility index (Phi) is 4.00. The molecule has 1 saturated carbocycles. The van der Waals surface area contributed by atoms with Gasteiger partial charge in [-0.05, 0) is 61.8 Å². The minimum absolute atomic E-state index is 0.101. The van der Waals surface area contributed by atoms with E-state index in [-0.39, 0.29) is 5.41 Å². The number of aromatic amines is 1. The number of likely N-dealkylation sites (tertiary alicyclic amines) is 1. The van der Waals surface area contributed by atoms with E-state index in [4.69, 9.17) is 0 Å². The molecule has 4 heterocycles. The highest BCUT2D eigenvalue weighted by Gasteiger charge is 2.51. The molecule has 0 aromatic carbocycles. The van der Waals surface area contributed by atoms with E-state index in [0.717, 1.165) is 51.1 Å². The number of carbonyl (C=O) groups excluding carboxylic acids is 1. The van der Waals surface area contributed by atoms with Gasteiger partial charge in [0.15, 0.2) is 0 Å². The van der Waals surface area contributed by atoms with Crippen molar-refractivity contribution in [3.8, 4) is 0 Å². The van der Waals surface area contributed by atoms with E-state index in [1.54, 1.807) is 0 Å². The number of amides is 1. The van der Waals surface area contributed by atoms with Crippen molar-refractivity contribution in [3.63, 3.8) is 0 Å². The molecule has 26 heavy (non-hydrogen) atoms. The number of carbonyl (C=O) groups is 1. The van der Waals surface area contributed by atoms with Crippen LogP contribution in [0.4, 0.5) is 0 Å². The van der Waals surface area contributed by atoms with Gasteiger partial charge in [0.25, 0.3) is 0 Å². The molecule has 2 aromatic rings. The van der Waals surface area contributed by atoms with Crippen molar-refractivity contribution in [3.05, 3.63) is 30.1 Å². The monoisotopic (exact) mass is 352 g/mol. The second kappa shape index (κ2) is 6.38. The summed E-state index contributed by atoms with van der Waals surface area (Å²) in [5.74, 6) is 1.52. The van der Waals surface area contributed by atoms with Crippen molar-refractivity contribution in [2.45, 2.75) is 44.4 Å². The van der Waals surface area contributed by atoms with Gasteiger partial charge in [0.05, 0.1) is 5.41 Å². The molecule has 5 heteroatoms. The van der Waals surface area contributed by atoms with Crippen molar-refractivity contribution in [2.24, 2.45) is 11.3 Å². The number of nitrogens with zero attached hydrogens (tertiary/aromatic N) is 2. The van der Waals surface area contributed by atoms with E-state index in [2.05, 4.69) is 32.4 Å². The standard InChI is InChI=1S/C21H28N4O/c26-20(21-8-2-1-4-16(21)12-22-14-21)25-10-6-15(7-11-25)18-13-24-19-17(18)5-3-9-23-19/h3,5,9,13,15-16,22H,1-2,4,6-8,10-12,14H2,(H,23,24)/t16-,21+/m0/s1. The number of hydrogen-bond acceptors (Lipinski definition) is 3. The first-order valence-corrected chi connectivity index (χ1v) is 10.2. The third kappa shape index (κ3) is 2.48. The van der Waals surface area contributed by atoms with Gasteiger partial charge in [0.1, 0.15) is 5.65 Å². The van der Waals surface area contributed by atoms with Gasteiger partial charge in [0, 0.05) is 37.4 Å². The van der Waals surface area contributed by atoms with Gasteiger partial charge in [-0.25, -0.2) is 4.98 Å². The summed E-state index contributed by atoms with van der Waals surface area (Å²) >= 11 is 0. The normalized spacial score (nSPS) is 29.8. The van der Waals surface area contributed by atoms with E-state index in [1.165, 1.54) is 30.2 Å². The third-order valence-corrected chi connectivity index (χ3v) is 7.17. The summed E-state index contributed by atoms with van der Waals surface area (Å²) in [5, 5.41) is 4.76. The van der Waals surface area contributed by atoms with Crippen molar-refractivity contribution < 1.29 is 4.79 Å². The summed E-state index contributed by atoms with van der Waals surface area (Å²) in [5.41, 5.74) is 2.24. The number of nitrogens with one attached hydrogen (secondary N) is 2. The Morgan fingerprint density at radius 2 is 2.12 bits per heavy atom. The van der Waals surface area contributed by atoms with Crippen molar-refractivity contribution in [1.29, 1.82) is 0 Å². The molecule has 3 fully saturated rings. The molecule has 2 aromatic heterocycles. The molecule has 5 rings (SSSR count). The van der Waals surface area contributed by atoms with Crippen LogP contribution in [0.1, 0.15) is 50.0 Å². The Morgan fingerprint density at radius 3 is 3.00 bits per heavy atom. The predicted octanol–water partition coefficient (Wildman–Crippen LogP) is 3.05. The van der Waals surface area contributed by atoms with E-state index >= 15 is 0 Å². The van der Waals surface area contributed by atoms with E-state index in [0.29, 0.717) is 17.7 Å². The van der Waals surface area contributed by atoms with Gasteiger partial charge in [-0.15, -0.1) is 0 Å². The molecule has 0 radical (unpaired) electrons. The number of pyridine rings is 1. The molecular weight excluding hydrogens is 324 g/mol. The van der Waals surface area contributed by atoms with Crippen LogP contribution < -0.4 is 5.32 Å². The molecule has 1 aliphatic carbocycles. The van der Waals surface area contributed by atoms with Crippen LogP contribution in [0.5, 0.6) is 0 Å². The maximum absolute atomic E-state index is 13.4. The topological polar surface area (TPSA) is 61.0 Å². The molecule has 0 unspecified atom stereocenters. The summed E-state index contributed by atoms with van der Waals surface area (Å²) in [7, 11) is 0. The quantitative estimate of drug-likeness (QED) is 0.873. The predicted molar refractivity (Wildman–Crippen MR) is 102 cm³/mol. The van der Waals surface area contributed by atoms with Gasteiger partial charge >= 0.3 is 0 Å². The summed E-state index contributed by atoms with van der Waals surface area (Å²) in [6, 6.07) is 4.16. The minimum atomic E-state index is -0.101. The second-order valence-corrected chi connectivity index (χ2v) is 8.44. The highest BCUT2D eigenvalue weighted by molar-refractivity contribution is 5.84. The van der Waals surface area contributed by atoms with E-state index < -0.39 is 0 Å². The number of fused-ring (bicyclic) bond motifs is 2. The van der Waals surface area contributed by atoms with Crippen LogP contribution >= 0.6 is 0 Å². The van der Waals surface area contributed by atoms with Gasteiger partial charge < -0.3 is 15.2 Å². The second-order valence-electron chi connectivity index (χ2n) is 8.44. The summed E-state index contributed by atoms with van der Waals surface area (Å²) < 4.78 is 0. The fourth-order valence-corrected chi connectivity index (χ4v) is 5.69. The SMILES string of the molecule is O=C(N1CCC(c2c[nH]c3ncccc23)CC1)[C@@]12CCCC[C@H]1CNC2. The van der Waals surface area contributed by atoms with Crippen molar-refractivity contribution in [1.82, 2.24) is 20.2 Å². The highest BCUT2D eigenvalue weighted by Crippen LogP contribution is 2.46. The number of rotatable bonds is 2. The fraction of sp³-hybridized carbons (Fsp3) is 0.619. The summed E-state index contributed by atoms with van der Waals surface area (Å²) in [6.45, 7) is 3.71. The number of hydrogen-bond donors (Lipinski definition) is 2. The van der Waals surface area contributed by atoms with Crippen LogP contribution in [0.2, 0.25) is 0 Å². The van der Waals surface area contributed by atoms with E-state index in [1.807, 2.05) is 12.3 Å². The molecule has 5 nitrogen and oxygen atoms in total. The first-order valence-electron chi connectivity index (χ1n) is 10.2. The zero-order valence-corrected chi connectivity index (χ0v) is 15.3. The molecule has 0 spiro atoms. The molecule has 1 amide bonds. The summed E-state index contributed by atoms with van der Waals surface area (Å²) in [6.07, 6.45) is 10.9. The molecule has 2 N–H and O–H groups in total. The maximum atomic E-state index is 13.4. The Bertz CT molecular complexity index is 807. The lowest BCUT2D eigenvalue weighted by atomic mass is 9.67. The van der Waals surface area contributed by atoms with Crippen molar-refractivity contribution in [2.75, 3.05) is 26.2 Å². The smallest absolute Gasteiger partial charge is 0.230 e. The maximum Gasteiger partial charge on any atom is 0.230 e. The molecule has 2 atom stereocenters. The Morgan fingerprint density at radius 1 is 1.23 bits per heavy atom. The highest BCUT2D eigenvalue weighted by atomic mass is 16.2. The Balaban J connectivity index is 1.30. The minimum Gasteiger partial charge on any atom is -0.346 e. The lowest BCUT2D eigenvalue weighted by Crippen LogP contribution is -2.51. The van der Waals surface area contributed by atoms with Gasteiger partial charge in [-0.2, -0.15) is 0 Å². The first kappa shape index (κ1) is 16.3. The van der Waals surface area contributed by atoms with E-state index in [9.17, 15) is 4.79 Å². The van der Waals surface area contributed by atoms with Crippen LogP contribution in [0.25, 0.3) is 11.0 Å². The van der Waals surface area contributed by atoms with Gasteiger partial charge in [0.2, 0.25) is 5.91 Å². The third-order valence-electron chi connectivity index (χ3n) is 7.17. The lowest BCUT2D eigenvalue weighted by Gasteiger charge is -2.43. The molecule has 2 aliphatic heterocycles. The fourth-order valence-electron chi connectivity index (χ4n) is 5.69. The Hall–Kier alpha value is -1.88. The lowest BCUT2D eigenvalue weighted by molar-refractivity contribution is -0.146. The average Bonchev–Trinajstić information content (AvgIpc) is 3.32. The molecule has 3 aliphatic rings. The van der Waals surface area contributed by atoms with Gasteiger partial charge in [-0.3, -0.25) is 4.79 Å².